The molecule has 1 amide bonds. The van der Waals surface area contributed by atoms with Gasteiger partial charge in [-0.15, -0.1) is 0 Å². The Kier molecular flexibility index (Phi) is 6.11. The number of piperidine rings is 1. The summed E-state index contributed by atoms with van der Waals surface area (Å²) in [4.78, 5) is 36.4. The fraction of sp³-hybridized carbons (Fsp3) is 0.471. The van der Waals surface area contributed by atoms with Gasteiger partial charge < -0.3 is 24.8 Å². The molecule has 2 rings (SSSR count). The molecule has 0 unspecified atom stereocenters. The molecule has 0 spiro atoms. The summed E-state index contributed by atoms with van der Waals surface area (Å²) in [5.74, 6) is -1.57. The van der Waals surface area contributed by atoms with Gasteiger partial charge in [0.05, 0.1) is 25.3 Å². The van der Waals surface area contributed by atoms with Crippen molar-refractivity contribution < 1.29 is 28.6 Å². The first-order chi connectivity index (χ1) is 12.0. The topological polar surface area (TPSA) is 103 Å². The second-order valence-electron chi connectivity index (χ2n) is 5.68. The first kappa shape index (κ1) is 18.9. The van der Waals surface area contributed by atoms with Crippen molar-refractivity contribution in [1.82, 2.24) is 5.32 Å². The van der Waals surface area contributed by atoms with Gasteiger partial charge >= 0.3 is 11.9 Å². The van der Waals surface area contributed by atoms with Crippen LogP contribution in [0.25, 0.3) is 0 Å². The van der Waals surface area contributed by atoms with Crippen LogP contribution in [-0.2, 0) is 19.0 Å². The monoisotopic (exact) mass is 350 g/mol. The average molecular weight is 350 g/mol. The fourth-order valence-corrected chi connectivity index (χ4v) is 2.77. The van der Waals surface area contributed by atoms with E-state index in [1.807, 2.05) is 0 Å². The van der Waals surface area contributed by atoms with E-state index in [0.29, 0.717) is 31.6 Å². The van der Waals surface area contributed by atoms with Crippen LogP contribution in [0.15, 0.2) is 18.2 Å². The number of carbonyl (C=O) groups is 3. The lowest BCUT2D eigenvalue weighted by Crippen LogP contribution is -2.51. The molecule has 8 nitrogen and oxygen atoms in total. The molecule has 136 valence electrons. The lowest BCUT2D eigenvalue weighted by molar-refractivity contribution is -0.140. The zero-order valence-electron chi connectivity index (χ0n) is 14.5. The molecular formula is C17H22N2O6. The van der Waals surface area contributed by atoms with E-state index < -0.39 is 17.5 Å². The Balaban J connectivity index is 2.32. The molecular weight excluding hydrogens is 328 g/mol. The summed E-state index contributed by atoms with van der Waals surface area (Å²) in [6.45, 7) is 1.33. The highest BCUT2D eigenvalue weighted by Gasteiger charge is 2.39. The van der Waals surface area contributed by atoms with Gasteiger partial charge in [-0.2, -0.15) is 0 Å². The standard InChI is InChI=1S/C17H22N2O6/c1-23-14(20)11-8-12(15(21)24-2)10-13(9-11)19-16(22)17(25-3)4-6-18-7-5-17/h8-10,18H,4-7H2,1-3H3,(H,19,22). The van der Waals surface area contributed by atoms with Gasteiger partial charge in [-0.05, 0) is 44.1 Å². The molecule has 0 atom stereocenters. The number of carbonyl (C=O) groups excluding carboxylic acids is 3. The molecule has 1 aromatic rings. The van der Waals surface area contributed by atoms with Crippen LogP contribution < -0.4 is 10.6 Å². The Bertz CT molecular complexity index is 633. The van der Waals surface area contributed by atoms with Crippen molar-refractivity contribution in [2.24, 2.45) is 0 Å². The van der Waals surface area contributed by atoms with Crippen molar-refractivity contribution in [3.05, 3.63) is 29.3 Å². The number of amides is 1. The summed E-state index contributed by atoms with van der Waals surface area (Å²) in [6.07, 6.45) is 1.05. The first-order valence-corrected chi connectivity index (χ1v) is 7.85. The molecule has 1 fully saturated rings. The predicted octanol–water partition coefficient (Wildman–Crippen LogP) is 0.967. The van der Waals surface area contributed by atoms with Crippen LogP contribution in [0.2, 0.25) is 0 Å². The zero-order chi connectivity index (χ0) is 18.4. The van der Waals surface area contributed by atoms with E-state index in [-0.39, 0.29) is 17.0 Å². The van der Waals surface area contributed by atoms with E-state index in [1.165, 1.54) is 39.5 Å². The number of hydrogen-bond donors (Lipinski definition) is 2. The maximum Gasteiger partial charge on any atom is 0.337 e. The van der Waals surface area contributed by atoms with Crippen LogP contribution in [0.3, 0.4) is 0 Å². The van der Waals surface area contributed by atoms with E-state index >= 15 is 0 Å². The highest BCUT2D eigenvalue weighted by atomic mass is 16.5. The third kappa shape index (κ3) is 4.15. The minimum Gasteiger partial charge on any atom is -0.465 e. The molecule has 1 aliphatic heterocycles. The molecule has 1 saturated heterocycles. The molecule has 8 heteroatoms. The van der Waals surface area contributed by atoms with Gasteiger partial charge in [0.25, 0.3) is 5.91 Å². The van der Waals surface area contributed by atoms with Crippen molar-refractivity contribution in [2.75, 3.05) is 39.7 Å². The van der Waals surface area contributed by atoms with Crippen LogP contribution in [0.4, 0.5) is 5.69 Å². The number of ether oxygens (including phenoxy) is 3. The van der Waals surface area contributed by atoms with Crippen LogP contribution in [0, 0.1) is 0 Å². The molecule has 0 aromatic heterocycles. The predicted molar refractivity (Wildman–Crippen MR) is 89.6 cm³/mol. The highest BCUT2D eigenvalue weighted by molar-refractivity contribution is 6.01. The molecule has 0 radical (unpaired) electrons. The smallest absolute Gasteiger partial charge is 0.337 e. The first-order valence-electron chi connectivity index (χ1n) is 7.85. The number of nitrogens with one attached hydrogen (secondary N) is 2. The van der Waals surface area contributed by atoms with Gasteiger partial charge in [-0.25, -0.2) is 9.59 Å². The average Bonchev–Trinajstić information content (AvgIpc) is 2.66. The summed E-state index contributed by atoms with van der Waals surface area (Å²) >= 11 is 0. The molecule has 1 aliphatic rings. The van der Waals surface area contributed by atoms with E-state index in [9.17, 15) is 14.4 Å². The summed E-state index contributed by atoms with van der Waals surface area (Å²) in [5, 5.41) is 5.91. The second kappa shape index (κ2) is 8.09. The molecule has 0 bridgehead atoms. The minimum absolute atomic E-state index is 0.137. The van der Waals surface area contributed by atoms with Gasteiger partial charge in [0.1, 0.15) is 5.60 Å². The third-order valence-corrected chi connectivity index (χ3v) is 4.25. The Morgan fingerprint density at radius 1 is 0.960 bits per heavy atom. The highest BCUT2D eigenvalue weighted by Crippen LogP contribution is 2.25. The molecule has 0 aliphatic carbocycles. The van der Waals surface area contributed by atoms with Gasteiger partial charge in [0, 0.05) is 12.8 Å². The summed E-state index contributed by atoms with van der Waals surface area (Å²) in [6, 6.07) is 4.24. The van der Waals surface area contributed by atoms with Gasteiger partial charge in [-0.1, -0.05) is 0 Å². The number of anilines is 1. The molecule has 1 aromatic carbocycles. The summed E-state index contributed by atoms with van der Waals surface area (Å²) in [5.41, 5.74) is -0.379. The molecule has 2 N–H and O–H groups in total. The maximum absolute atomic E-state index is 12.7. The van der Waals surface area contributed by atoms with E-state index in [2.05, 4.69) is 20.1 Å². The number of hydrogen-bond acceptors (Lipinski definition) is 7. The van der Waals surface area contributed by atoms with Crippen LogP contribution in [0.5, 0.6) is 0 Å². The van der Waals surface area contributed by atoms with Crippen molar-refractivity contribution in [3.63, 3.8) is 0 Å². The van der Waals surface area contributed by atoms with Gasteiger partial charge in [-0.3, -0.25) is 4.79 Å². The normalized spacial score (nSPS) is 16.0. The van der Waals surface area contributed by atoms with Crippen molar-refractivity contribution in [2.45, 2.75) is 18.4 Å². The van der Waals surface area contributed by atoms with E-state index in [4.69, 9.17) is 4.74 Å². The lowest BCUT2D eigenvalue weighted by atomic mass is 9.91. The Morgan fingerprint density at radius 2 is 1.48 bits per heavy atom. The third-order valence-electron chi connectivity index (χ3n) is 4.25. The van der Waals surface area contributed by atoms with Crippen molar-refractivity contribution >= 4 is 23.5 Å². The van der Waals surface area contributed by atoms with Crippen LogP contribution >= 0.6 is 0 Å². The number of rotatable bonds is 5. The lowest BCUT2D eigenvalue weighted by Gasteiger charge is -2.34. The number of benzene rings is 1. The molecule has 25 heavy (non-hydrogen) atoms. The molecule has 0 saturated carbocycles. The van der Waals surface area contributed by atoms with Crippen LogP contribution in [-0.4, -0.2) is 57.9 Å². The quantitative estimate of drug-likeness (QED) is 0.763. The Hall–Kier alpha value is -2.45. The molecule has 1 heterocycles. The maximum atomic E-state index is 12.7. The van der Waals surface area contributed by atoms with Crippen molar-refractivity contribution in [3.8, 4) is 0 Å². The SMILES string of the molecule is COC(=O)c1cc(NC(=O)C2(OC)CCNCC2)cc(C(=O)OC)c1. The Morgan fingerprint density at radius 3 is 1.92 bits per heavy atom. The summed E-state index contributed by atoms with van der Waals surface area (Å²) < 4.78 is 14.8. The number of esters is 2. The fourth-order valence-electron chi connectivity index (χ4n) is 2.77. The summed E-state index contributed by atoms with van der Waals surface area (Å²) in [7, 11) is 3.97. The van der Waals surface area contributed by atoms with Crippen molar-refractivity contribution in [1.29, 1.82) is 0 Å². The second-order valence-corrected chi connectivity index (χ2v) is 5.68. The number of methoxy groups -OCH3 is 3. The van der Waals surface area contributed by atoms with Gasteiger partial charge in [0.15, 0.2) is 0 Å². The minimum atomic E-state index is -0.946. The van der Waals surface area contributed by atoms with E-state index in [0.717, 1.165) is 0 Å². The van der Waals surface area contributed by atoms with Gasteiger partial charge in [0.2, 0.25) is 0 Å². The van der Waals surface area contributed by atoms with E-state index in [1.54, 1.807) is 0 Å². The zero-order valence-corrected chi connectivity index (χ0v) is 14.5. The Labute approximate surface area is 145 Å². The van der Waals surface area contributed by atoms with Crippen LogP contribution in [0.1, 0.15) is 33.6 Å². The largest absolute Gasteiger partial charge is 0.465 e.